The van der Waals surface area contributed by atoms with E-state index in [0.717, 1.165) is 61.9 Å². The molecule has 2 aliphatic rings. The van der Waals surface area contributed by atoms with Crippen LogP contribution in [0, 0.1) is 0 Å². The largest absolute Gasteiger partial charge is 0.460 e. The van der Waals surface area contributed by atoms with Crippen molar-refractivity contribution in [3.8, 4) is 0 Å². The quantitative estimate of drug-likeness (QED) is 0.591. The molecule has 0 aromatic heterocycles. The first-order valence-corrected chi connectivity index (χ1v) is 10.8. The van der Waals surface area contributed by atoms with E-state index in [1.807, 2.05) is 18.2 Å². The Labute approximate surface area is 165 Å². The van der Waals surface area contributed by atoms with Gasteiger partial charge in [0.2, 0.25) is 0 Å². The Morgan fingerprint density at radius 2 is 1.56 bits per heavy atom. The number of esters is 1. The fourth-order valence-corrected chi connectivity index (χ4v) is 4.51. The standard InChI is InChI=1S/C23H37N2O2/c1-23(20-12-8-7-9-13-20,24-16-10-5-4-6-11-17-24)22(26)27-21-14-18-25(2,3)19-15-21/h7-9,12-13,21H,4-6,10-11,14-19H2,1-3H3/q+1. The first kappa shape index (κ1) is 20.3. The van der Waals surface area contributed by atoms with Gasteiger partial charge in [-0.3, -0.25) is 4.90 Å². The number of piperidine rings is 1. The monoisotopic (exact) mass is 373 g/mol. The molecule has 3 rings (SSSR count). The van der Waals surface area contributed by atoms with Gasteiger partial charge in [0.05, 0.1) is 27.2 Å². The summed E-state index contributed by atoms with van der Waals surface area (Å²) < 4.78 is 7.16. The third-order valence-corrected chi connectivity index (χ3v) is 6.61. The minimum Gasteiger partial charge on any atom is -0.460 e. The highest BCUT2D eigenvalue weighted by Gasteiger charge is 2.44. The molecule has 2 fully saturated rings. The second kappa shape index (κ2) is 8.74. The van der Waals surface area contributed by atoms with E-state index in [-0.39, 0.29) is 12.1 Å². The molecular weight excluding hydrogens is 336 g/mol. The molecular formula is C23H37N2O2+. The van der Waals surface area contributed by atoms with Crippen LogP contribution in [0.3, 0.4) is 0 Å². The third kappa shape index (κ3) is 4.91. The number of carbonyl (C=O) groups excluding carboxylic acids is 1. The Morgan fingerprint density at radius 1 is 1.00 bits per heavy atom. The van der Waals surface area contributed by atoms with Crippen molar-refractivity contribution in [3.05, 3.63) is 35.9 Å². The van der Waals surface area contributed by atoms with Crippen molar-refractivity contribution >= 4 is 5.97 Å². The minimum atomic E-state index is -0.694. The molecule has 1 aromatic carbocycles. The smallest absolute Gasteiger partial charge is 0.331 e. The molecule has 1 atom stereocenters. The number of carbonyl (C=O) groups is 1. The van der Waals surface area contributed by atoms with Gasteiger partial charge in [0, 0.05) is 12.8 Å². The van der Waals surface area contributed by atoms with Gasteiger partial charge in [-0.05, 0) is 38.4 Å². The van der Waals surface area contributed by atoms with Crippen LogP contribution < -0.4 is 0 Å². The number of likely N-dealkylation sites (tertiary alicyclic amines) is 2. The SMILES string of the molecule is CC(C(=O)OC1CC[N+](C)(C)CC1)(c1ccccc1)N1CCCCCCC1. The average Bonchev–Trinajstić information content (AvgIpc) is 2.63. The van der Waals surface area contributed by atoms with Crippen LogP contribution in [0.4, 0.5) is 0 Å². The van der Waals surface area contributed by atoms with Gasteiger partial charge in [0.25, 0.3) is 0 Å². The number of nitrogens with zero attached hydrogens (tertiary/aromatic N) is 2. The summed E-state index contributed by atoms with van der Waals surface area (Å²) in [5.41, 5.74) is 0.364. The lowest BCUT2D eigenvalue weighted by Gasteiger charge is -2.42. The van der Waals surface area contributed by atoms with Gasteiger partial charge in [0.15, 0.2) is 0 Å². The summed E-state index contributed by atoms with van der Waals surface area (Å²) in [7, 11) is 4.51. The summed E-state index contributed by atoms with van der Waals surface area (Å²) in [5, 5.41) is 0. The first-order valence-electron chi connectivity index (χ1n) is 10.8. The molecule has 1 unspecified atom stereocenters. The van der Waals surface area contributed by atoms with Crippen molar-refractivity contribution in [1.29, 1.82) is 0 Å². The van der Waals surface area contributed by atoms with Crippen LogP contribution in [0.2, 0.25) is 0 Å². The van der Waals surface area contributed by atoms with Gasteiger partial charge in [0.1, 0.15) is 11.6 Å². The van der Waals surface area contributed by atoms with Crippen molar-refractivity contribution in [2.75, 3.05) is 40.3 Å². The summed E-state index contributed by atoms with van der Waals surface area (Å²) in [6.45, 7) is 6.16. The van der Waals surface area contributed by atoms with Gasteiger partial charge in [-0.15, -0.1) is 0 Å². The molecule has 2 saturated heterocycles. The van der Waals surface area contributed by atoms with Crippen LogP contribution in [0.15, 0.2) is 30.3 Å². The number of hydrogen-bond acceptors (Lipinski definition) is 3. The number of ether oxygens (including phenoxy) is 1. The normalized spacial score (nSPS) is 24.4. The molecule has 0 spiro atoms. The molecule has 0 aliphatic carbocycles. The van der Waals surface area contributed by atoms with E-state index in [0.29, 0.717) is 0 Å². The van der Waals surface area contributed by atoms with Gasteiger partial charge >= 0.3 is 5.97 Å². The van der Waals surface area contributed by atoms with Crippen LogP contribution in [0.5, 0.6) is 0 Å². The number of benzene rings is 1. The lowest BCUT2D eigenvalue weighted by Crippen LogP contribution is -2.54. The number of hydrogen-bond donors (Lipinski definition) is 0. The zero-order valence-electron chi connectivity index (χ0n) is 17.5. The lowest BCUT2D eigenvalue weighted by molar-refractivity contribution is -0.896. The van der Waals surface area contributed by atoms with E-state index in [2.05, 4.69) is 38.1 Å². The topological polar surface area (TPSA) is 29.5 Å². The maximum atomic E-state index is 13.5. The van der Waals surface area contributed by atoms with E-state index in [1.165, 1.54) is 19.3 Å². The number of rotatable bonds is 4. The van der Waals surface area contributed by atoms with Gasteiger partial charge < -0.3 is 9.22 Å². The van der Waals surface area contributed by atoms with Crippen LogP contribution in [-0.4, -0.2) is 61.7 Å². The van der Waals surface area contributed by atoms with Crippen molar-refractivity contribution in [3.63, 3.8) is 0 Å². The van der Waals surface area contributed by atoms with Crippen LogP contribution in [0.25, 0.3) is 0 Å². The van der Waals surface area contributed by atoms with Gasteiger partial charge in [-0.2, -0.15) is 0 Å². The molecule has 0 bridgehead atoms. The van der Waals surface area contributed by atoms with Crippen molar-refractivity contribution in [2.45, 2.75) is 63.5 Å². The Morgan fingerprint density at radius 3 is 2.15 bits per heavy atom. The Kier molecular flexibility index (Phi) is 6.59. The Bertz CT molecular complexity index is 598. The van der Waals surface area contributed by atoms with E-state index in [1.54, 1.807) is 0 Å². The predicted octanol–water partition coefficient (Wildman–Crippen LogP) is 3.95. The highest BCUT2D eigenvalue weighted by atomic mass is 16.5. The summed E-state index contributed by atoms with van der Waals surface area (Å²) in [4.78, 5) is 15.9. The highest BCUT2D eigenvalue weighted by Crippen LogP contribution is 2.33. The van der Waals surface area contributed by atoms with E-state index >= 15 is 0 Å². The predicted molar refractivity (Wildman–Crippen MR) is 109 cm³/mol. The molecule has 2 heterocycles. The fourth-order valence-electron chi connectivity index (χ4n) is 4.51. The van der Waals surface area contributed by atoms with Gasteiger partial charge in [-0.25, -0.2) is 4.79 Å². The minimum absolute atomic E-state index is 0.0569. The van der Waals surface area contributed by atoms with Crippen molar-refractivity contribution in [2.24, 2.45) is 0 Å². The van der Waals surface area contributed by atoms with Crippen LogP contribution >= 0.6 is 0 Å². The molecule has 0 N–H and O–H groups in total. The van der Waals surface area contributed by atoms with E-state index in [9.17, 15) is 4.79 Å². The molecule has 0 amide bonds. The molecule has 1 aromatic rings. The highest BCUT2D eigenvalue weighted by molar-refractivity contribution is 5.82. The Hall–Kier alpha value is -1.39. The molecule has 0 saturated carbocycles. The van der Waals surface area contributed by atoms with E-state index in [4.69, 9.17) is 4.74 Å². The fraction of sp³-hybridized carbons (Fsp3) is 0.696. The average molecular weight is 374 g/mol. The van der Waals surface area contributed by atoms with Crippen molar-refractivity contribution < 1.29 is 14.0 Å². The molecule has 27 heavy (non-hydrogen) atoms. The summed E-state index contributed by atoms with van der Waals surface area (Å²) in [6, 6.07) is 10.3. The van der Waals surface area contributed by atoms with Crippen LogP contribution in [-0.2, 0) is 15.1 Å². The second-order valence-corrected chi connectivity index (χ2v) is 9.18. The number of quaternary nitrogens is 1. The zero-order valence-corrected chi connectivity index (χ0v) is 17.5. The second-order valence-electron chi connectivity index (χ2n) is 9.18. The molecule has 150 valence electrons. The summed E-state index contributed by atoms with van der Waals surface area (Å²) >= 11 is 0. The molecule has 4 nitrogen and oxygen atoms in total. The lowest BCUT2D eigenvalue weighted by atomic mass is 9.88. The maximum Gasteiger partial charge on any atom is 0.331 e. The maximum absolute atomic E-state index is 13.5. The van der Waals surface area contributed by atoms with Crippen molar-refractivity contribution in [1.82, 2.24) is 4.90 Å². The van der Waals surface area contributed by atoms with Crippen LogP contribution in [0.1, 0.15) is 57.4 Å². The van der Waals surface area contributed by atoms with E-state index < -0.39 is 5.54 Å². The molecule has 0 radical (unpaired) electrons. The Balaban J connectivity index is 1.80. The summed E-state index contributed by atoms with van der Waals surface area (Å²) in [6.07, 6.45) is 8.12. The molecule has 4 heteroatoms. The van der Waals surface area contributed by atoms with Gasteiger partial charge in [-0.1, -0.05) is 49.6 Å². The molecule has 2 aliphatic heterocycles. The summed E-state index contributed by atoms with van der Waals surface area (Å²) in [5.74, 6) is -0.0634. The third-order valence-electron chi connectivity index (χ3n) is 6.61. The first-order chi connectivity index (χ1) is 12.9. The zero-order chi connectivity index (χ0) is 19.3.